The van der Waals surface area contributed by atoms with Gasteiger partial charge in [-0.2, -0.15) is 0 Å². The van der Waals surface area contributed by atoms with Crippen LogP contribution in [0.1, 0.15) is 0 Å². The van der Waals surface area contributed by atoms with Crippen LogP contribution in [-0.4, -0.2) is 0 Å². The first kappa shape index (κ1) is 37.0. The minimum Gasteiger partial charge on any atom is -0.0622 e. The highest BCUT2D eigenvalue weighted by molar-refractivity contribution is 6.21. The summed E-state index contributed by atoms with van der Waals surface area (Å²) in [5.74, 6) is 0. The zero-order valence-electron chi connectivity index (χ0n) is 34.2. The molecule has 62 heavy (non-hydrogen) atoms. The van der Waals surface area contributed by atoms with E-state index in [0.29, 0.717) is 0 Å². The third kappa shape index (κ3) is 6.88. The van der Waals surface area contributed by atoms with Gasteiger partial charge in [0, 0.05) is 0 Å². The minimum absolute atomic E-state index is 1.20. The van der Waals surface area contributed by atoms with Crippen LogP contribution in [0.25, 0.3) is 111 Å². The van der Waals surface area contributed by atoms with E-state index < -0.39 is 0 Å². The Morgan fingerprint density at radius 1 is 0.129 bits per heavy atom. The van der Waals surface area contributed by atoms with Gasteiger partial charge in [-0.1, -0.05) is 255 Å². The lowest BCUT2D eigenvalue weighted by molar-refractivity contribution is 1.56. The molecule has 0 fully saturated rings. The van der Waals surface area contributed by atoms with E-state index >= 15 is 0 Å². The van der Waals surface area contributed by atoms with Crippen LogP contribution in [0.4, 0.5) is 0 Å². The fraction of sp³-hybridized carbons (Fsp3) is 0. The van der Waals surface area contributed by atoms with Crippen LogP contribution < -0.4 is 0 Å². The highest BCUT2D eigenvalue weighted by Gasteiger charge is 2.18. The normalized spacial score (nSPS) is 11.2. The summed E-state index contributed by atoms with van der Waals surface area (Å²) < 4.78 is 0. The summed E-state index contributed by atoms with van der Waals surface area (Å²) in [6, 6.07) is 92.7. The monoisotopic (exact) mass is 786 g/mol. The second-order valence-electron chi connectivity index (χ2n) is 16.0. The third-order valence-corrected chi connectivity index (χ3v) is 12.4. The first-order valence-electron chi connectivity index (χ1n) is 21.4. The second-order valence-corrected chi connectivity index (χ2v) is 16.0. The summed E-state index contributed by atoms with van der Waals surface area (Å²) in [4.78, 5) is 0. The van der Waals surface area contributed by atoms with Gasteiger partial charge in [-0.3, -0.25) is 0 Å². The van der Waals surface area contributed by atoms with E-state index in [-0.39, 0.29) is 0 Å². The van der Waals surface area contributed by atoms with Gasteiger partial charge in [0.2, 0.25) is 0 Å². The molecule has 0 amide bonds. The first-order valence-corrected chi connectivity index (χ1v) is 21.4. The van der Waals surface area contributed by atoms with Crippen LogP contribution >= 0.6 is 0 Å². The van der Waals surface area contributed by atoms with Crippen molar-refractivity contribution in [1.29, 1.82) is 0 Å². The standard InChI is InChI=1S/C62H42/c1-3-15-43(16-4-1)45-27-31-47(32-28-45)53-19-7-9-21-55(53)49-35-39-51(40-36-49)61-57-23-11-13-25-59(57)62(60-26-14-12-24-58(60)61)52-41-37-50(38-42-52)56-22-10-8-20-54(56)48-33-29-46(30-34-48)44-17-5-2-6-18-44/h1-42H. The summed E-state index contributed by atoms with van der Waals surface area (Å²) in [5, 5.41) is 5.00. The topological polar surface area (TPSA) is 0 Å². The van der Waals surface area contributed by atoms with Crippen LogP contribution in [0.3, 0.4) is 0 Å². The zero-order chi connectivity index (χ0) is 41.2. The molecule has 0 heterocycles. The molecule has 0 saturated carbocycles. The molecule has 0 unspecified atom stereocenters. The lowest BCUT2D eigenvalue weighted by atomic mass is 9.85. The van der Waals surface area contributed by atoms with E-state index in [1.807, 2.05) is 0 Å². The Balaban J connectivity index is 0.943. The average molecular weight is 787 g/mol. The highest BCUT2D eigenvalue weighted by Crippen LogP contribution is 2.45. The number of hydrogen-bond acceptors (Lipinski definition) is 0. The summed E-state index contributed by atoms with van der Waals surface area (Å²) in [6.07, 6.45) is 0. The van der Waals surface area contributed by atoms with Crippen LogP contribution in [0.5, 0.6) is 0 Å². The van der Waals surface area contributed by atoms with Crippen molar-refractivity contribution in [3.63, 3.8) is 0 Å². The molecule has 0 spiro atoms. The molecule has 11 aromatic rings. The Morgan fingerprint density at radius 2 is 0.323 bits per heavy atom. The van der Waals surface area contributed by atoms with Gasteiger partial charge >= 0.3 is 0 Å². The summed E-state index contributed by atoms with van der Waals surface area (Å²) in [6.45, 7) is 0. The fourth-order valence-electron chi connectivity index (χ4n) is 9.30. The maximum absolute atomic E-state index is 2.31. The van der Waals surface area contributed by atoms with Gasteiger partial charge in [0.15, 0.2) is 0 Å². The Hall–Kier alpha value is -8.06. The molecule has 0 heteroatoms. The molecule has 0 saturated heterocycles. The summed E-state index contributed by atoms with van der Waals surface area (Å²) in [5.41, 5.74) is 19.6. The van der Waals surface area contributed by atoms with E-state index in [4.69, 9.17) is 0 Å². The maximum Gasteiger partial charge on any atom is -0.00264 e. The zero-order valence-corrected chi connectivity index (χ0v) is 34.2. The molecule has 11 rings (SSSR count). The van der Waals surface area contributed by atoms with Crippen molar-refractivity contribution >= 4 is 21.5 Å². The van der Waals surface area contributed by atoms with Crippen LogP contribution in [0, 0.1) is 0 Å². The molecule has 0 aromatic heterocycles. The van der Waals surface area contributed by atoms with Gasteiger partial charge in [-0.05, 0) is 111 Å². The molecule has 0 aliphatic carbocycles. The number of rotatable bonds is 8. The molecule has 0 atom stereocenters. The molecule has 290 valence electrons. The molecule has 0 nitrogen and oxygen atoms in total. The molecule has 0 N–H and O–H groups in total. The summed E-state index contributed by atoms with van der Waals surface area (Å²) >= 11 is 0. The van der Waals surface area contributed by atoms with E-state index in [0.717, 1.165) is 0 Å². The van der Waals surface area contributed by atoms with E-state index in [2.05, 4.69) is 255 Å². The molecule has 11 aromatic carbocycles. The van der Waals surface area contributed by atoms with Crippen LogP contribution in [0.15, 0.2) is 255 Å². The maximum atomic E-state index is 2.31. The Morgan fingerprint density at radius 3 is 0.597 bits per heavy atom. The van der Waals surface area contributed by atoms with E-state index in [9.17, 15) is 0 Å². The second kappa shape index (κ2) is 16.2. The lowest BCUT2D eigenvalue weighted by Gasteiger charge is -2.18. The average Bonchev–Trinajstić information content (AvgIpc) is 3.36. The van der Waals surface area contributed by atoms with Crippen LogP contribution in [0.2, 0.25) is 0 Å². The molecule has 0 aliphatic rings. The van der Waals surface area contributed by atoms with Crippen molar-refractivity contribution in [2.45, 2.75) is 0 Å². The smallest absolute Gasteiger partial charge is 0.00264 e. The van der Waals surface area contributed by atoms with Crippen molar-refractivity contribution in [3.8, 4) is 89.0 Å². The number of hydrogen-bond donors (Lipinski definition) is 0. The largest absolute Gasteiger partial charge is 0.0622 e. The van der Waals surface area contributed by atoms with Crippen molar-refractivity contribution in [1.82, 2.24) is 0 Å². The van der Waals surface area contributed by atoms with Gasteiger partial charge in [-0.15, -0.1) is 0 Å². The highest BCUT2D eigenvalue weighted by atomic mass is 14.2. The van der Waals surface area contributed by atoms with Crippen molar-refractivity contribution in [3.05, 3.63) is 255 Å². The molecular weight excluding hydrogens is 745 g/mol. The first-order chi connectivity index (χ1) is 30.8. The quantitative estimate of drug-likeness (QED) is 0.135. The fourth-order valence-corrected chi connectivity index (χ4v) is 9.30. The third-order valence-electron chi connectivity index (χ3n) is 12.4. The molecule has 0 radical (unpaired) electrons. The number of fused-ring (bicyclic) bond motifs is 2. The van der Waals surface area contributed by atoms with Crippen LogP contribution in [-0.2, 0) is 0 Å². The van der Waals surface area contributed by atoms with Crippen molar-refractivity contribution in [2.75, 3.05) is 0 Å². The number of benzene rings is 11. The van der Waals surface area contributed by atoms with Gasteiger partial charge in [0.25, 0.3) is 0 Å². The van der Waals surface area contributed by atoms with Crippen molar-refractivity contribution in [2.24, 2.45) is 0 Å². The Kier molecular flexibility index (Phi) is 9.65. The van der Waals surface area contributed by atoms with E-state index in [1.54, 1.807) is 0 Å². The van der Waals surface area contributed by atoms with Gasteiger partial charge in [0.05, 0.1) is 0 Å². The van der Waals surface area contributed by atoms with Gasteiger partial charge in [0.1, 0.15) is 0 Å². The van der Waals surface area contributed by atoms with E-state index in [1.165, 1.54) is 111 Å². The molecule has 0 aliphatic heterocycles. The predicted octanol–water partition coefficient (Wildman–Crippen LogP) is 17.3. The molecule has 0 bridgehead atoms. The van der Waals surface area contributed by atoms with Gasteiger partial charge < -0.3 is 0 Å². The molecular formula is C62H42. The van der Waals surface area contributed by atoms with Crippen molar-refractivity contribution < 1.29 is 0 Å². The predicted molar refractivity (Wildman–Crippen MR) is 265 cm³/mol. The Labute approximate surface area is 363 Å². The van der Waals surface area contributed by atoms with Gasteiger partial charge in [-0.25, -0.2) is 0 Å². The minimum atomic E-state index is 1.20. The lowest BCUT2D eigenvalue weighted by Crippen LogP contribution is -1.91. The SMILES string of the molecule is c1ccc(-c2ccc(-c3ccccc3-c3ccc(-c4c5ccccc5c(-c5ccc(-c6ccccc6-c6ccc(-c7ccccc7)cc6)cc5)c5ccccc45)cc3)cc2)cc1. The summed E-state index contributed by atoms with van der Waals surface area (Å²) in [7, 11) is 0. The Bertz CT molecular complexity index is 3040.